The van der Waals surface area contributed by atoms with Crippen molar-refractivity contribution in [3.8, 4) is 5.75 Å². The normalized spacial score (nSPS) is 11.8. The highest BCUT2D eigenvalue weighted by Gasteiger charge is 2.15. The number of carbonyl (C=O) groups excluding carboxylic acids is 1. The summed E-state index contributed by atoms with van der Waals surface area (Å²) in [5, 5.41) is 3.41. The van der Waals surface area contributed by atoms with Gasteiger partial charge in [-0.1, -0.05) is 35.9 Å². The van der Waals surface area contributed by atoms with Crippen molar-refractivity contribution >= 4 is 23.2 Å². The number of amides is 1. The summed E-state index contributed by atoms with van der Waals surface area (Å²) in [7, 11) is 0. The van der Waals surface area contributed by atoms with Gasteiger partial charge >= 0.3 is 0 Å². The highest BCUT2D eigenvalue weighted by Crippen LogP contribution is 2.20. The molecule has 0 aliphatic carbocycles. The number of nitrogens with one attached hydrogen (secondary N) is 1. The molecule has 0 spiro atoms. The molecule has 0 heterocycles. The molecule has 0 saturated carbocycles. The molecule has 4 heteroatoms. The van der Waals surface area contributed by atoms with Crippen LogP contribution in [-0.4, -0.2) is 12.0 Å². The van der Waals surface area contributed by atoms with E-state index in [2.05, 4.69) is 5.32 Å². The van der Waals surface area contributed by atoms with Gasteiger partial charge in [-0.05, 0) is 43.7 Å². The SMILES string of the molecule is Cc1ccc(NC(=O)[C@@H](C)Oc2ccccc2)cc1Cl. The maximum atomic E-state index is 12.0. The average Bonchev–Trinajstić information content (AvgIpc) is 2.44. The van der Waals surface area contributed by atoms with E-state index in [9.17, 15) is 4.79 Å². The summed E-state index contributed by atoms with van der Waals surface area (Å²) in [5.74, 6) is 0.450. The Balaban J connectivity index is 1.99. The molecule has 0 bridgehead atoms. The van der Waals surface area contributed by atoms with Crippen molar-refractivity contribution in [3.63, 3.8) is 0 Å². The van der Waals surface area contributed by atoms with Crippen LogP contribution in [0.25, 0.3) is 0 Å². The second-order valence-corrected chi connectivity index (χ2v) is 4.93. The molecule has 0 fully saturated rings. The van der Waals surface area contributed by atoms with Gasteiger partial charge in [0.15, 0.2) is 6.10 Å². The number of ether oxygens (including phenoxy) is 1. The van der Waals surface area contributed by atoms with E-state index in [-0.39, 0.29) is 5.91 Å². The van der Waals surface area contributed by atoms with Crippen molar-refractivity contribution in [2.24, 2.45) is 0 Å². The number of halogens is 1. The molecule has 1 N–H and O–H groups in total. The fourth-order valence-electron chi connectivity index (χ4n) is 1.67. The summed E-state index contributed by atoms with van der Waals surface area (Å²) in [4.78, 5) is 12.0. The fourth-order valence-corrected chi connectivity index (χ4v) is 1.85. The first-order valence-electron chi connectivity index (χ1n) is 6.35. The Morgan fingerprint density at radius 2 is 1.90 bits per heavy atom. The third-order valence-electron chi connectivity index (χ3n) is 2.86. The summed E-state index contributed by atoms with van der Waals surface area (Å²) in [6, 6.07) is 14.6. The van der Waals surface area contributed by atoms with Crippen LogP contribution in [0.15, 0.2) is 48.5 Å². The highest BCUT2D eigenvalue weighted by molar-refractivity contribution is 6.31. The zero-order valence-corrected chi connectivity index (χ0v) is 12.1. The van der Waals surface area contributed by atoms with E-state index in [1.807, 2.05) is 49.4 Å². The van der Waals surface area contributed by atoms with Gasteiger partial charge in [0.1, 0.15) is 5.75 Å². The molecule has 2 rings (SSSR count). The van der Waals surface area contributed by atoms with Crippen LogP contribution in [-0.2, 0) is 4.79 Å². The van der Waals surface area contributed by atoms with Crippen molar-refractivity contribution in [2.45, 2.75) is 20.0 Å². The Morgan fingerprint density at radius 3 is 2.55 bits per heavy atom. The molecule has 1 amide bonds. The molecule has 3 nitrogen and oxygen atoms in total. The number of hydrogen-bond donors (Lipinski definition) is 1. The molecule has 0 radical (unpaired) electrons. The standard InChI is InChI=1S/C16H16ClNO2/c1-11-8-9-13(10-15(11)17)18-16(19)12(2)20-14-6-4-3-5-7-14/h3-10,12H,1-2H3,(H,18,19)/t12-/m1/s1. The lowest BCUT2D eigenvalue weighted by Gasteiger charge is -2.15. The molecule has 104 valence electrons. The van der Waals surface area contributed by atoms with Gasteiger partial charge in [-0.15, -0.1) is 0 Å². The van der Waals surface area contributed by atoms with E-state index in [0.29, 0.717) is 16.5 Å². The monoisotopic (exact) mass is 289 g/mol. The molecule has 2 aromatic rings. The Kier molecular flexibility index (Phi) is 4.64. The first-order chi connectivity index (χ1) is 9.56. The molecule has 1 atom stereocenters. The van der Waals surface area contributed by atoms with Crippen LogP contribution in [0.1, 0.15) is 12.5 Å². The quantitative estimate of drug-likeness (QED) is 0.922. The lowest BCUT2D eigenvalue weighted by molar-refractivity contribution is -0.122. The van der Waals surface area contributed by atoms with Crippen LogP contribution in [0.2, 0.25) is 5.02 Å². The lowest BCUT2D eigenvalue weighted by atomic mass is 10.2. The number of aryl methyl sites for hydroxylation is 1. The molecule has 20 heavy (non-hydrogen) atoms. The van der Waals surface area contributed by atoms with Gasteiger partial charge in [0, 0.05) is 10.7 Å². The number of hydrogen-bond acceptors (Lipinski definition) is 2. The second-order valence-electron chi connectivity index (χ2n) is 4.53. The van der Waals surface area contributed by atoms with E-state index in [1.54, 1.807) is 13.0 Å². The Labute approximate surface area is 123 Å². The van der Waals surface area contributed by atoms with Gasteiger partial charge in [-0.2, -0.15) is 0 Å². The Morgan fingerprint density at radius 1 is 1.20 bits per heavy atom. The van der Waals surface area contributed by atoms with Gasteiger partial charge in [0.05, 0.1) is 0 Å². The Hall–Kier alpha value is -2.00. The van der Waals surface area contributed by atoms with Gasteiger partial charge in [-0.25, -0.2) is 0 Å². The maximum absolute atomic E-state index is 12.0. The summed E-state index contributed by atoms with van der Waals surface area (Å²) < 4.78 is 5.56. The van der Waals surface area contributed by atoms with Gasteiger partial charge in [0.25, 0.3) is 5.91 Å². The number of anilines is 1. The van der Waals surface area contributed by atoms with Crippen molar-refractivity contribution in [1.29, 1.82) is 0 Å². The van der Waals surface area contributed by atoms with Gasteiger partial charge < -0.3 is 10.1 Å². The predicted molar refractivity (Wildman–Crippen MR) is 81.4 cm³/mol. The van der Waals surface area contributed by atoms with Gasteiger partial charge in [0.2, 0.25) is 0 Å². The molecule has 0 unspecified atom stereocenters. The lowest BCUT2D eigenvalue weighted by Crippen LogP contribution is -2.30. The first kappa shape index (κ1) is 14.4. The van der Waals surface area contributed by atoms with E-state index < -0.39 is 6.10 Å². The summed E-state index contributed by atoms with van der Waals surface area (Å²) >= 11 is 6.02. The first-order valence-corrected chi connectivity index (χ1v) is 6.73. The van der Waals surface area contributed by atoms with Crippen LogP contribution in [0.3, 0.4) is 0 Å². The van der Waals surface area contributed by atoms with E-state index in [1.165, 1.54) is 0 Å². The van der Waals surface area contributed by atoms with Crippen LogP contribution in [0.4, 0.5) is 5.69 Å². The minimum atomic E-state index is -0.586. The summed E-state index contributed by atoms with van der Waals surface area (Å²) in [5.41, 5.74) is 1.63. The molecular weight excluding hydrogens is 274 g/mol. The summed E-state index contributed by atoms with van der Waals surface area (Å²) in [6.45, 7) is 3.62. The zero-order valence-electron chi connectivity index (χ0n) is 11.4. The third kappa shape index (κ3) is 3.75. The summed E-state index contributed by atoms with van der Waals surface area (Å²) in [6.07, 6.45) is -0.586. The topological polar surface area (TPSA) is 38.3 Å². The molecule has 0 aromatic heterocycles. The van der Waals surface area contributed by atoms with Crippen molar-refractivity contribution in [1.82, 2.24) is 0 Å². The minimum Gasteiger partial charge on any atom is -0.481 e. The van der Waals surface area contributed by atoms with Crippen molar-refractivity contribution in [2.75, 3.05) is 5.32 Å². The number of rotatable bonds is 4. The molecule has 0 saturated heterocycles. The van der Waals surface area contributed by atoms with Crippen LogP contribution >= 0.6 is 11.6 Å². The number of carbonyl (C=O) groups is 1. The Bertz CT molecular complexity index is 599. The second kappa shape index (κ2) is 6.44. The highest BCUT2D eigenvalue weighted by atomic mass is 35.5. The van der Waals surface area contributed by atoms with E-state index in [4.69, 9.17) is 16.3 Å². The minimum absolute atomic E-state index is 0.214. The molecule has 0 aliphatic heterocycles. The van der Waals surface area contributed by atoms with Gasteiger partial charge in [-0.3, -0.25) is 4.79 Å². The average molecular weight is 290 g/mol. The molecule has 0 aliphatic rings. The fraction of sp³-hybridized carbons (Fsp3) is 0.188. The van der Waals surface area contributed by atoms with E-state index in [0.717, 1.165) is 5.56 Å². The predicted octanol–water partition coefficient (Wildman–Crippen LogP) is 4.05. The van der Waals surface area contributed by atoms with E-state index >= 15 is 0 Å². The molecule has 2 aromatic carbocycles. The largest absolute Gasteiger partial charge is 0.481 e. The maximum Gasteiger partial charge on any atom is 0.265 e. The number of benzene rings is 2. The zero-order chi connectivity index (χ0) is 14.5. The van der Waals surface area contributed by atoms with Crippen molar-refractivity contribution in [3.05, 3.63) is 59.1 Å². The third-order valence-corrected chi connectivity index (χ3v) is 3.27. The van der Waals surface area contributed by atoms with Crippen molar-refractivity contribution < 1.29 is 9.53 Å². The smallest absolute Gasteiger partial charge is 0.265 e. The van der Waals surface area contributed by atoms with Crippen LogP contribution in [0, 0.1) is 6.92 Å². The molecular formula is C16H16ClNO2. The van der Waals surface area contributed by atoms with Crippen LogP contribution in [0.5, 0.6) is 5.75 Å². The number of para-hydroxylation sites is 1. The van der Waals surface area contributed by atoms with Crippen LogP contribution < -0.4 is 10.1 Å².